The average Bonchev–Trinajstić information content (AvgIpc) is 3.11. The number of hydrogen-bond acceptors (Lipinski definition) is 4. The van der Waals surface area contributed by atoms with Crippen molar-refractivity contribution >= 4 is 22.9 Å². The second-order valence-corrected chi connectivity index (χ2v) is 6.12. The number of aliphatic carboxylic acids is 1. The lowest BCUT2D eigenvalue weighted by atomic mass is 9.88. The maximum atomic E-state index is 12.5. The van der Waals surface area contributed by atoms with Crippen LogP contribution in [0.4, 0.5) is 0 Å². The fraction of sp³-hybridized carbons (Fsp3) is 0.438. The molecule has 1 atom stereocenters. The molecule has 1 unspecified atom stereocenters. The number of nitrogens with zero attached hydrogens (tertiary/aromatic N) is 2. The molecule has 1 fully saturated rings. The number of carboxylic acids is 1. The Morgan fingerprint density at radius 1 is 1.38 bits per heavy atom. The standard InChI is InChI=1S/C16H19N3O5/c1-24-10-16(14(21)22)6-7-18(9-16)13(20)8-19-12-5-3-2-4-11(12)17-15(19)23/h2-5H,6-10H2,1H3,(H,17,23)(H,21,22). The van der Waals surface area contributed by atoms with Gasteiger partial charge < -0.3 is 19.7 Å². The molecule has 128 valence electrons. The van der Waals surface area contributed by atoms with E-state index in [1.54, 1.807) is 24.3 Å². The Kier molecular flexibility index (Phi) is 4.15. The van der Waals surface area contributed by atoms with Gasteiger partial charge in [0.2, 0.25) is 5.91 Å². The number of rotatable bonds is 5. The van der Waals surface area contributed by atoms with Gasteiger partial charge in [-0.15, -0.1) is 0 Å². The van der Waals surface area contributed by atoms with E-state index in [-0.39, 0.29) is 31.3 Å². The first-order valence-corrected chi connectivity index (χ1v) is 7.64. The Labute approximate surface area is 137 Å². The minimum Gasteiger partial charge on any atom is -0.481 e. The molecule has 1 aliphatic rings. The molecule has 2 aromatic rings. The van der Waals surface area contributed by atoms with Crippen LogP contribution in [0.25, 0.3) is 11.0 Å². The first-order valence-electron chi connectivity index (χ1n) is 7.64. The van der Waals surface area contributed by atoms with Gasteiger partial charge in [-0.05, 0) is 18.6 Å². The molecule has 8 nitrogen and oxygen atoms in total. The molecule has 0 spiro atoms. The lowest BCUT2D eigenvalue weighted by molar-refractivity contribution is -0.151. The van der Waals surface area contributed by atoms with Gasteiger partial charge in [-0.2, -0.15) is 0 Å². The number of carbonyl (C=O) groups is 2. The summed E-state index contributed by atoms with van der Waals surface area (Å²) in [6, 6.07) is 7.12. The van der Waals surface area contributed by atoms with Crippen LogP contribution in [0.15, 0.2) is 29.1 Å². The molecular formula is C16H19N3O5. The molecule has 1 amide bonds. The molecule has 8 heteroatoms. The molecule has 3 rings (SSSR count). The number of ether oxygens (including phenoxy) is 1. The zero-order valence-electron chi connectivity index (χ0n) is 13.3. The van der Waals surface area contributed by atoms with Crippen LogP contribution < -0.4 is 5.69 Å². The van der Waals surface area contributed by atoms with Crippen LogP contribution in [0.5, 0.6) is 0 Å². The van der Waals surface area contributed by atoms with Gasteiger partial charge in [0.25, 0.3) is 0 Å². The topological polar surface area (TPSA) is 105 Å². The minimum absolute atomic E-state index is 0.0547. The smallest absolute Gasteiger partial charge is 0.326 e. The molecule has 0 radical (unpaired) electrons. The predicted molar refractivity (Wildman–Crippen MR) is 85.7 cm³/mol. The lowest BCUT2D eigenvalue weighted by Crippen LogP contribution is -2.41. The zero-order valence-corrected chi connectivity index (χ0v) is 13.3. The summed E-state index contributed by atoms with van der Waals surface area (Å²) >= 11 is 0. The second-order valence-electron chi connectivity index (χ2n) is 6.12. The Hall–Kier alpha value is -2.61. The van der Waals surface area contributed by atoms with Gasteiger partial charge in [-0.3, -0.25) is 14.2 Å². The summed E-state index contributed by atoms with van der Waals surface area (Å²) in [5.74, 6) is -1.25. The van der Waals surface area contributed by atoms with E-state index in [0.717, 1.165) is 0 Å². The fourth-order valence-corrected chi connectivity index (χ4v) is 3.21. The van der Waals surface area contributed by atoms with Crippen LogP contribution in [-0.4, -0.2) is 58.2 Å². The zero-order chi connectivity index (χ0) is 17.3. The third kappa shape index (κ3) is 2.69. The number of likely N-dealkylation sites (tertiary alicyclic amines) is 1. The average molecular weight is 333 g/mol. The summed E-state index contributed by atoms with van der Waals surface area (Å²) in [4.78, 5) is 40.3. The molecule has 1 aliphatic heterocycles. The van der Waals surface area contributed by atoms with Crippen molar-refractivity contribution in [2.24, 2.45) is 5.41 Å². The van der Waals surface area contributed by atoms with E-state index in [1.165, 1.54) is 16.6 Å². The van der Waals surface area contributed by atoms with E-state index in [0.29, 0.717) is 24.0 Å². The van der Waals surface area contributed by atoms with Gasteiger partial charge in [0, 0.05) is 20.2 Å². The lowest BCUT2D eigenvalue weighted by Gasteiger charge is -2.23. The van der Waals surface area contributed by atoms with Crippen LogP contribution >= 0.6 is 0 Å². The molecule has 0 bridgehead atoms. The van der Waals surface area contributed by atoms with Crippen molar-refractivity contribution in [3.63, 3.8) is 0 Å². The Morgan fingerprint density at radius 3 is 2.83 bits per heavy atom. The Morgan fingerprint density at radius 2 is 2.12 bits per heavy atom. The monoisotopic (exact) mass is 333 g/mol. The van der Waals surface area contributed by atoms with Gasteiger partial charge >= 0.3 is 11.7 Å². The number of carbonyl (C=O) groups excluding carboxylic acids is 1. The third-order valence-corrected chi connectivity index (χ3v) is 4.56. The maximum Gasteiger partial charge on any atom is 0.326 e. The summed E-state index contributed by atoms with van der Waals surface area (Å²) in [7, 11) is 1.45. The first-order chi connectivity index (χ1) is 11.5. The first kappa shape index (κ1) is 16.3. The van der Waals surface area contributed by atoms with E-state index >= 15 is 0 Å². The highest BCUT2D eigenvalue weighted by molar-refractivity contribution is 5.82. The van der Waals surface area contributed by atoms with Crippen molar-refractivity contribution < 1.29 is 19.4 Å². The van der Waals surface area contributed by atoms with Crippen LogP contribution in [0.3, 0.4) is 0 Å². The van der Waals surface area contributed by atoms with Crippen molar-refractivity contribution in [1.29, 1.82) is 0 Å². The predicted octanol–water partition coefficient (Wildman–Crippen LogP) is 0.279. The maximum absolute atomic E-state index is 12.5. The quantitative estimate of drug-likeness (QED) is 0.818. The van der Waals surface area contributed by atoms with Crippen molar-refractivity contribution in [2.45, 2.75) is 13.0 Å². The number of nitrogens with one attached hydrogen (secondary N) is 1. The molecule has 1 saturated heterocycles. The number of fused-ring (bicyclic) bond motifs is 1. The highest BCUT2D eigenvalue weighted by Crippen LogP contribution is 2.31. The molecule has 1 aromatic carbocycles. The number of para-hydroxylation sites is 2. The van der Waals surface area contributed by atoms with E-state index < -0.39 is 11.4 Å². The number of methoxy groups -OCH3 is 1. The number of aromatic amines is 1. The summed E-state index contributed by atoms with van der Waals surface area (Å²) in [5.41, 5.74) is -0.118. The van der Waals surface area contributed by atoms with Crippen molar-refractivity contribution in [1.82, 2.24) is 14.5 Å². The number of imidazole rings is 1. The van der Waals surface area contributed by atoms with Crippen LogP contribution in [0.1, 0.15) is 6.42 Å². The molecular weight excluding hydrogens is 314 g/mol. The number of aromatic nitrogens is 2. The molecule has 1 aromatic heterocycles. The summed E-state index contributed by atoms with van der Waals surface area (Å²) in [5, 5.41) is 9.46. The minimum atomic E-state index is -1.07. The third-order valence-electron chi connectivity index (χ3n) is 4.56. The summed E-state index contributed by atoms with van der Waals surface area (Å²) in [6.45, 7) is 0.363. The fourth-order valence-electron chi connectivity index (χ4n) is 3.21. The van der Waals surface area contributed by atoms with Gasteiger partial charge in [0.05, 0.1) is 17.6 Å². The molecule has 0 saturated carbocycles. The van der Waals surface area contributed by atoms with E-state index in [9.17, 15) is 19.5 Å². The van der Waals surface area contributed by atoms with E-state index in [2.05, 4.69) is 4.98 Å². The Bertz CT molecular complexity index is 840. The number of amides is 1. The molecule has 24 heavy (non-hydrogen) atoms. The highest BCUT2D eigenvalue weighted by Gasteiger charge is 2.46. The number of H-pyrrole nitrogens is 1. The molecule has 0 aliphatic carbocycles. The largest absolute Gasteiger partial charge is 0.481 e. The van der Waals surface area contributed by atoms with Gasteiger partial charge in [0.15, 0.2) is 0 Å². The van der Waals surface area contributed by atoms with Crippen LogP contribution in [0, 0.1) is 5.41 Å². The summed E-state index contributed by atoms with van der Waals surface area (Å²) < 4.78 is 6.39. The van der Waals surface area contributed by atoms with E-state index in [4.69, 9.17) is 4.74 Å². The van der Waals surface area contributed by atoms with Gasteiger partial charge in [0.1, 0.15) is 12.0 Å². The van der Waals surface area contributed by atoms with Crippen molar-refractivity contribution in [3.05, 3.63) is 34.7 Å². The number of benzene rings is 1. The van der Waals surface area contributed by atoms with E-state index in [1.807, 2.05) is 0 Å². The molecule has 2 heterocycles. The van der Waals surface area contributed by atoms with Crippen LogP contribution in [0.2, 0.25) is 0 Å². The highest BCUT2D eigenvalue weighted by atomic mass is 16.5. The SMILES string of the molecule is COCC1(C(=O)O)CCN(C(=O)Cn2c(=O)[nH]c3ccccc32)C1. The van der Waals surface area contributed by atoms with Crippen LogP contribution in [-0.2, 0) is 20.9 Å². The van der Waals surface area contributed by atoms with Gasteiger partial charge in [-0.25, -0.2) is 4.79 Å². The number of hydrogen-bond donors (Lipinski definition) is 2. The number of carboxylic acid groups (broad SMARTS) is 1. The summed E-state index contributed by atoms with van der Waals surface area (Å²) in [6.07, 6.45) is 0.338. The molecule has 2 N–H and O–H groups in total. The van der Waals surface area contributed by atoms with Crippen molar-refractivity contribution in [3.8, 4) is 0 Å². The Balaban J connectivity index is 1.79. The van der Waals surface area contributed by atoms with Crippen molar-refractivity contribution in [2.75, 3.05) is 26.8 Å². The second kappa shape index (κ2) is 6.12. The normalized spacial score (nSPS) is 20.6. The van der Waals surface area contributed by atoms with Gasteiger partial charge in [-0.1, -0.05) is 12.1 Å².